The van der Waals surface area contributed by atoms with Gasteiger partial charge < -0.3 is 9.84 Å². The summed E-state index contributed by atoms with van der Waals surface area (Å²) in [4.78, 5) is 0. The molecule has 1 fully saturated rings. The van der Waals surface area contributed by atoms with E-state index in [2.05, 4.69) is 0 Å². The van der Waals surface area contributed by atoms with Gasteiger partial charge in [-0.1, -0.05) is 0 Å². The largest absolute Gasteiger partial charge is 0.393 e. The Morgan fingerprint density at radius 3 is 2.22 bits per heavy atom. The lowest BCUT2D eigenvalue weighted by molar-refractivity contribution is 0.0671. The molecule has 2 heteroatoms. The van der Waals surface area contributed by atoms with Crippen molar-refractivity contribution in [3.8, 4) is 0 Å². The molecule has 1 rings (SSSR count). The molecule has 2 nitrogen and oxygen atoms in total. The number of rotatable bonds is 0. The maximum atomic E-state index is 9.16. The van der Waals surface area contributed by atoms with Crippen LogP contribution < -0.4 is 0 Å². The van der Waals surface area contributed by atoms with E-state index in [1.165, 1.54) is 0 Å². The van der Waals surface area contributed by atoms with Crippen molar-refractivity contribution in [1.29, 1.82) is 0 Å². The molecule has 0 aromatic carbocycles. The zero-order valence-corrected chi connectivity index (χ0v) is 5.68. The summed E-state index contributed by atoms with van der Waals surface area (Å²) in [6.07, 6.45) is 3.80. The summed E-state index contributed by atoms with van der Waals surface area (Å²) in [7, 11) is 0. The van der Waals surface area contributed by atoms with Crippen molar-refractivity contribution in [2.75, 3.05) is 13.2 Å². The second-order valence-electron chi connectivity index (χ2n) is 2.55. The standard InChI is InChI=1S/C7H14O2/c8-7-3-1-5-9-6-2-4-7/h7-8H,1-6H2. The molecule has 9 heavy (non-hydrogen) atoms. The SMILES string of the molecule is OC1CCCOCCC1. The van der Waals surface area contributed by atoms with Crippen LogP contribution in [0.15, 0.2) is 0 Å². The molecule has 1 heterocycles. The average molecular weight is 130 g/mol. The zero-order valence-electron chi connectivity index (χ0n) is 5.68. The maximum absolute atomic E-state index is 9.16. The monoisotopic (exact) mass is 130 g/mol. The van der Waals surface area contributed by atoms with Crippen molar-refractivity contribution in [2.45, 2.75) is 31.8 Å². The lowest BCUT2D eigenvalue weighted by Gasteiger charge is -2.13. The van der Waals surface area contributed by atoms with Crippen LogP contribution in [0.2, 0.25) is 0 Å². The van der Waals surface area contributed by atoms with Gasteiger partial charge in [0, 0.05) is 13.2 Å². The fraction of sp³-hybridized carbons (Fsp3) is 1.00. The molecular weight excluding hydrogens is 116 g/mol. The summed E-state index contributed by atoms with van der Waals surface area (Å²) in [5.41, 5.74) is 0. The van der Waals surface area contributed by atoms with Gasteiger partial charge in [-0.2, -0.15) is 0 Å². The van der Waals surface area contributed by atoms with Gasteiger partial charge in [-0.05, 0) is 25.7 Å². The van der Waals surface area contributed by atoms with Crippen molar-refractivity contribution in [2.24, 2.45) is 0 Å². The highest BCUT2D eigenvalue weighted by atomic mass is 16.5. The van der Waals surface area contributed by atoms with Crippen molar-refractivity contribution in [3.63, 3.8) is 0 Å². The molecule has 0 saturated carbocycles. The van der Waals surface area contributed by atoms with Crippen LogP contribution in [-0.2, 0) is 4.74 Å². The van der Waals surface area contributed by atoms with Crippen molar-refractivity contribution in [3.05, 3.63) is 0 Å². The molecule has 54 valence electrons. The van der Waals surface area contributed by atoms with Gasteiger partial charge in [-0.3, -0.25) is 0 Å². The fourth-order valence-electron chi connectivity index (χ4n) is 1.09. The van der Waals surface area contributed by atoms with Crippen LogP contribution in [0.25, 0.3) is 0 Å². The lowest BCUT2D eigenvalue weighted by atomic mass is 10.1. The van der Waals surface area contributed by atoms with Gasteiger partial charge in [0.05, 0.1) is 6.10 Å². The minimum absolute atomic E-state index is 0.0612. The Morgan fingerprint density at radius 1 is 1.11 bits per heavy atom. The predicted octanol–water partition coefficient (Wildman–Crippen LogP) is 0.938. The Hall–Kier alpha value is -0.0800. The first kappa shape index (κ1) is 7.03. The van der Waals surface area contributed by atoms with Gasteiger partial charge >= 0.3 is 0 Å². The Morgan fingerprint density at radius 2 is 1.67 bits per heavy atom. The minimum Gasteiger partial charge on any atom is -0.393 e. The molecule has 0 amide bonds. The van der Waals surface area contributed by atoms with Crippen molar-refractivity contribution < 1.29 is 9.84 Å². The highest BCUT2D eigenvalue weighted by Gasteiger charge is 2.05. The van der Waals surface area contributed by atoms with Crippen LogP contribution >= 0.6 is 0 Å². The maximum Gasteiger partial charge on any atom is 0.0542 e. The molecule has 1 N–H and O–H groups in total. The molecule has 0 unspecified atom stereocenters. The van der Waals surface area contributed by atoms with Gasteiger partial charge in [0.25, 0.3) is 0 Å². The molecule has 0 aromatic heterocycles. The molecule has 0 atom stereocenters. The minimum atomic E-state index is -0.0612. The Labute approximate surface area is 55.8 Å². The van der Waals surface area contributed by atoms with Crippen molar-refractivity contribution >= 4 is 0 Å². The van der Waals surface area contributed by atoms with E-state index in [0.717, 1.165) is 38.9 Å². The predicted molar refractivity (Wildman–Crippen MR) is 35.3 cm³/mol. The molecule has 0 radical (unpaired) electrons. The van der Waals surface area contributed by atoms with Crippen LogP contribution in [0.3, 0.4) is 0 Å². The van der Waals surface area contributed by atoms with E-state index in [4.69, 9.17) is 9.84 Å². The normalized spacial score (nSPS) is 25.0. The second kappa shape index (κ2) is 3.85. The number of aliphatic hydroxyl groups excluding tert-OH is 1. The van der Waals surface area contributed by atoms with E-state index < -0.39 is 0 Å². The zero-order chi connectivity index (χ0) is 6.53. The summed E-state index contributed by atoms with van der Waals surface area (Å²) in [6, 6.07) is 0. The Kier molecular flexibility index (Phi) is 3.01. The first-order valence-electron chi connectivity index (χ1n) is 3.65. The van der Waals surface area contributed by atoms with E-state index in [1.807, 2.05) is 0 Å². The van der Waals surface area contributed by atoms with Gasteiger partial charge in [-0.15, -0.1) is 0 Å². The smallest absolute Gasteiger partial charge is 0.0542 e. The molecule has 0 aliphatic carbocycles. The molecule has 1 saturated heterocycles. The van der Waals surface area contributed by atoms with E-state index in [-0.39, 0.29) is 6.10 Å². The Bertz CT molecular complexity index is 65.3. The van der Waals surface area contributed by atoms with Crippen LogP contribution in [0, 0.1) is 0 Å². The quantitative estimate of drug-likeness (QED) is 0.528. The highest BCUT2D eigenvalue weighted by molar-refractivity contribution is 4.57. The first-order chi connectivity index (χ1) is 4.39. The summed E-state index contributed by atoms with van der Waals surface area (Å²) >= 11 is 0. The van der Waals surface area contributed by atoms with Crippen LogP contribution in [0.5, 0.6) is 0 Å². The van der Waals surface area contributed by atoms with Crippen LogP contribution in [-0.4, -0.2) is 24.4 Å². The van der Waals surface area contributed by atoms with Crippen LogP contribution in [0.1, 0.15) is 25.7 Å². The van der Waals surface area contributed by atoms with E-state index in [9.17, 15) is 0 Å². The number of hydrogen-bond acceptors (Lipinski definition) is 2. The molecule has 0 spiro atoms. The van der Waals surface area contributed by atoms with Gasteiger partial charge in [0.1, 0.15) is 0 Å². The lowest BCUT2D eigenvalue weighted by Crippen LogP contribution is -2.13. The average Bonchev–Trinajstić information content (AvgIpc) is 1.79. The summed E-state index contributed by atoms with van der Waals surface area (Å²) < 4.78 is 5.21. The number of ether oxygens (including phenoxy) is 1. The third-order valence-corrected chi connectivity index (χ3v) is 1.65. The Balaban J connectivity index is 2.12. The number of hydrogen-bond donors (Lipinski definition) is 1. The van der Waals surface area contributed by atoms with Gasteiger partial charge in [0.2, 0.25) is 0 Å². The second-order valence-corrected chi connectivity index (χ2v) is 2.55. The molecule has 0 bridgehead atoms. The van der Waals surface area contributed by atoms with E-state index in [1.54, 1.807) is 0 Å². The van der Waals surface area contributed by atoms with Crippen LogP contribution in [0.4, 0.5) is 0 Å². The summed E-state index contributed by atoms with van der Waals surface area (Å²) in [6.45, 7) is 1.66. The van der Waals surface area contributed by atoms with Crippen molar-refractivity contribution in [1.82, 2.24) is 0 Å². The van der Waals surface area contributed by atoms with E-state index in [0.29, 0.717) is 0 Å². The third-order valence-electron chi connectivity index (χ3n) is 1.65. The molecular formula is C7H14O2. The molecule has 1 aliphatic rings. The highest BCUT2D eigenvalue weighted by Crippen LogP contribution is 2.08. The first-order valence-corrected chi connectivity index (χ1v) is 3.65. The third kappa shape index (κ3) is 2.82. The van der Waals surface area contributed by atoms with E-state index >= 15 is 0 Å². The molecule has 0 aromatic rings. The fourth-order valence-corrected chi connectivity index (χ4v) is 1.09. The topological polar surface area (TPSA) is 29.5 Å². The van der Waals surface area contributed by atoms with Gasteiger partial charge in [-0.25, -0.2) is 0 Å². The molecule has 1 aliphatic heterocycles. The number of aliphatic hydroxyl groups is 1. The summed E-state index contributed by atoms with van der Waals surface area (Å²) in [5, 5.41) is 9.16. The summed E-state index contributed by atoms with van der Waals surface area (Å²) in [5.74, 6) is 0. The van der Waals surface area contributed by atoms with Gasteiger partial charge in [0.15, 0.2) is 0 Å².